The van der Waals surface area contributed by atoms with E-state index in [2.05, 4.69) is 15.7 Å². The molecule has 3 N–H and O–H groups in total. The number of carbonyl (C=O) groups is 1. The molecule has 0 aliphatic carbocycles. The van der Waals surface area contributed by atoms with Crippen molar-refractivity contribution in [3.05, 3.63) is 65.6 Å². The first-order chi connectivity index (χ1) is 12.7. The zero-order valence-corrected chi connectivity index (χ0v) is 14.3. The molecule has 136 valence electrons. The van der Waals surface area contributed by atoms with Gasteiger partial charge in [-0.3, -0.25) is 9.48 Å². The topological polar surface area (TPSA) is 79.2 Å². The van der Waals surface area contributed by atoms with Crippen LogP contribution in [0.5, 0.6) is 0 Å². The number of aromatic nitrogens is 2. The monoisotopic (exact) mass is 356 g/mol. The Bertz CT molecular complexity index is 894. The summed E-state index contributed by atoms with van der Waals surface area (Å²) < 4.78 is 15.6. The minimum atomic E-state index is -0.298. The summed E-state index contributed by atoms with van der Waals surface area (Å²) in [5.41, 5.74) is 1.61. The Labute approximate surface area is 150 Å². The highest BCUT2D eigenvalue weighted by atomic mass is 19.1. The molecule has 3 aromatic rings. The average molecular weight is 356 g/mol. The van der Waals surface area contributed by atoms with Gasteiger partial charge < -0.3 is 15.7 Å². The van der Waals surface area contributed by atoms with Gasteiger partial charge in [0, 0.05) is 30.6 Å². The Hall–Kier alpha value is -2.77. The van der Waals surface area contributed by atoms with Crippen LogP contribution in [0.2, 0.25) is 0 Å². The van der Waals surface area contributed by atoms with Gasteiger partial charge in [-0.1, -0.05) is 36.4 Å². The van der Waals surface area contributed by atoms with Crippen molar-refractivity contribution in [2.24, 2.45) is 0 Å². The second-order valence-electron chi connectivity index (χ2n) is 5.84. The van der Waals surface area contributed by atoms with Crippen LogP contribution >= 0.6 is 0 Å². The minimum absolute atomic E-state index is 0.0546. The average Bonchev–Trinajstić information content (AvgIpc) is 3.02. The predicted octanol–water partition coefficient (Wildman–Crippen LogP) is 1.54. The Balaban J connectivity index is 1.81. The maximum absolute atomic E-state index is 14.0. The van der Waals surface area contributed by atoms with Gasteiger partial charge in [-0.15, -0.1) is 0 Å². The standard InChI is InChI=1S/C19H21FN4O2/c20-16-7-3-1-5-14(16)13-24-17-8-4-2-6-15(17)18(23-24)19(26)22-10-9-21-11-12-25/h1-8,21,25H,9-13H2,(H,22,26). The van der Waals surface area contributed by atoms with Gasteiger partial charge in [-0.2, -0.15) is 5.10 Å². The number of hydrogen-bond donors (Lipinski definition) is 3. The maximum Gasteiger partial charge on any atom is 0.272 e. The van der Waals surface area contributed by atoms with Gasteiger partial charge in [-0.25, -0.2) is 4.39 Å². The highest BCUT2D eigenvalue weighted by molar-refractivity contribution is 6.04. The number of amides is 1. The van der Waals surface area contributed by atoms with E-state index >= 15 is 0 Å². The van der Waals surface area contributed by atoms with Crippen LogP contribution < -0.4 is 10.6 Å². The third-order valence-corrected chi connectivity index (χ3v) is 4.03. The number of benzene rings is 2. The molecule has 0 unspecified atom stereocenters. The second-order valence-corrected chi connectivity index (χ2v) is 5.84. The summed E-state index contributed by atoms with van der Waals surface area (Å²) in [6.45, 7) is 1.77. The summed E-state index contributed by atoms with van der Waals surface area (Å²) in [7, 11) is 0. The first kappa shape index (κ1) is 18.0. The molecule has 1 amide bonds. The van der Waals surface area contributed by atoms with Gasteiger partial charge in [0.1, 0.15) is 5.82 Å². The SMILES string of the molecule is O=C(NCCNCCO)c1nn(Cc2ccccc2F)c2ccccc12. The molecule has 0 saturated heterocycles. The van der Waals surface area contributed by atoms with Crippen molar-refractivity contribution in [3.8, 4) is 0 Å². The Morgan fingerprint density at radius 3 is 2.65 bits per heavy atom. The first-order valence-electron chi connectivity index (χ1n) is 8.49. The molecule has 6 nitrogen and oxygen atoms in total. The van der Waals surface area contributed by atoms with E-state index in [1.54, 1.807) is 22.9 Å². The van der Waals surface area contributed by atoms with Crippen molar-refractivity contribution in [2.45, 2.75) is 6.54 Å². The summed E-state index contributed by atoms with van der Waals surface area (Å²) >= 11 is 0. The summed E-state index contributed by atoms with van der Waals surface area (Å²) in [6, 6.07) is 13.9. The van der Waals surface area contributed by atoms with Crippen molar-refractivity contribution < 1.29 is 14.3 Å². The molecule has 0 fully saturated rings. The Morgan fingerprint density at radius 2 is 1.85 bits per heavy atom. The zero-order chi connectivity index (χ0) is 18.4. The molecule has 1 aromatic heterocycles. The largest absolute Gasteiger partial charge is 0.395 e. The van der Waals surface area contributed by atoms with Crippen LogP contribution in [0, 0.1) is 5.82 Å². The van der Waals surface area contributed by atoms with Gasteiger partial charge in [-0.05, 0) is 12.1 Å². The lowest BCUT2D eigenvalue weighted by molar-refractivity contribution is 0.0949. The molecule has 26 heavy (non-hydrogen) atoms. The normalized spacial score (nSPS) is 11.0. The molecular weight excluding hydrogens is 335 g/mol. The van der Waals surface area contributed by atoms with Gasteiger partial charge in [0.15, 0.2) is 5.69 Å². The number of fused-ring (bicyclic) bond motifs is 1. The van der Waals surface area contributed by atoms with E-state index < -0.39 is 0 Å². The predicted molar refractivity (Wildman–Crippen MR) is 97.5 cm³/mol. The van der Waals surface area contributed by atoms with E-state index in [9.17, 15) is 9.18 Å². The Morgan fingerprint density at radius 1 is 1.08 bits per heavy atom. The molecule has 0 bridgehead atoms. The lowest BCUT2D eigenvalue weighted by atomic mass is 10.2. The van der Waals surface area contributed by atoms with Crippen molar-refractivity contribution in [1.82, 2.24) is 20.4 Å². The molecule has 0 atom stereocenters. The first-order valence-corrected chi connectivity index (χ1v) is 8.49. The zero-order valence-electron chi connectivity index (χ0n) is 14.3. The fourth-order valence-electron chi connectivity index (χ4n) is 2.76. The van der Waals surface area contributed by atoms with E-state index in [-0.39, 0.29) is 24.9 Å². The summed E-state index contributed by atoms with van der Waals surface area (Å²) in [5.74, 6) is -0.577. The minimum Gasteiger partial charge on any atom is -0.395 e. The smallest absolute Gasteiger partial charge is 0.272 e. The molecule has 0 aliphatic rings. The van der Waals surface area contributed by atoms with E-state index in [0.717, 1.165) is 10.9 Å². The number of carbonyl (C=O) groups excluding carboxylic acids is 1. The number of aliphatic hydroxyl groups excluding tert-OH is 1. The quantitative estimate of drug-likeness (QED) is 0.535. The lowest BCUT2D eigenvalue weighted by Crippen LogP contribution is -2.33. The summed E-state index contributed by atoms with van der Waals surface area (Å²) in [6.07, 6.45) is 0. The molecule has 0 aliphatic heterocycles. The van der Waals surface area contributed by atoms with Gasteiger partial charge in [0.25, 0.3) is 5.91 Å². The molecule has 7 heteroatoms. The van der Waals surface area contributed by atoms with Crippen LogP contribution in [-0.4, -0.2) is 47.0 Å². The molecular formula is C19H21FN4O2. The molecule has 0 radical (unpaired) electrons. The van der Waals surface area contributed by atoms with Crippen molar-refractivity contribution >= 4 is 16.8 Å². The van der Waals surface area contributed by atoms with E-state index in [1.807, 2.05) is 24.3 Å². The number of halogens is 1. The number of aliphatic hydroxyl groups is 1. The number of hydrogen-bond acceptors (Lipinski definition) is 4. The third-order valence-electron chi connectivity index (χ3n) is 4.03. The highest BCUT2D eigenvalue weighted by Gasteiger charge is 2.17. The van der Waals surface area contributed by atoms with Crippen molar-refractivity contribution in [2.75, 3.05) is 26.2 Å². The fourth-order valence-corrected chi connectivity index (χ4v) is 2.76. The van der Waals surface area contributed by atoms with E-state index in [1.165, 1.54) is 6.07 Å². The Kier molecular flexibility index (Phi) is 5.93. The lowest BCUT2D eigenvalue weighted by Gasteiger charge is -2.05. The third kappa shape index (κ3) is 4.07. The van der Waals surface area contributed by atoms with Crippen LogP contribution in [0.25, 0.3) is 10.9 Å². The number of rotatable bonds is 8. The van der Waals surface area contributed by atoms with Crippen LogP contribution in [0.4, 0.5) is 4.39 Å². The van der Waals surface area contributed by atoms with Gasteiger partial charge >= 0.3 is 0 Å². The molecule has 2 aromatic carbocycles. The fraction of sp³-hybridized carbons (Fsp3) is 0.263. The second kappa shape index (κ2) is 8.55. The van der Waals surface area contributed by atoms with Crippen molar-refractivity contribution in [1.29, 1.82) is 0 Å². The van der Waals surface area contributed by atoms with Crippen molar-refractivity contribution in [3.63, 3.8) is 0 Å². The highest BCUT2D eigenvalue weighted by Crippen LogP contribution is 2.20. The van der Waals surface area contributed by atoms with Crippen LogP contribution in [0.1, 0.15) is 16.1 Å². The van der Waals surface area contributed by atoms with Gasteiger partial charge in [0.2, 0.25) is 0 Å². The molecule has 3 rings (SSSR count). The van der Waals surface area contributed by atoms with E-state index in [4.69, 9.17) is 5.11 Å². The molecule has 0 saturated carbocycles. The molecule has 1 heterocycles. The van der Waals surface area contributed by atoms with Crippen LogP contribution in [0.15, 0.2) is 48.5 Å². The van der Waals surface area contributed by atoms with Crippen LogP contribution in [0.3, 0.4) is 0 Å². The maximum atomic E-state index is 14.0. The van der Waals surface area contributed by atoms with E-state index in [0.29, 0.717) is 30.9 Å². The van der Waals surface area contributed by atoms with Gasteiger partial charge in [0.05, 0.1) is 18.7 Å². The summed E-state index contributed by atoms with van der Waals surface area (Å²) in [4.78, 5) is 12.5. The number of nitrogens with zero attached hydrogens (tertiary/aromatic N) is 2. The van der Waals surface area contributed by atoms with Crippen LogP contribution in [-0.2, 0) is 6.54 Å². The number of nitrogens with one attached hydrogen (secondary N) is 2. The molecule has 0 spiro atoms. The number of para-hydroxylation sites is 1. The summed E-state index contributed by atoms with van der Waals surface area (Å²) in [5, 5.41) is 19.7.